The van der Waals surface area contributed by atoms with E-state index in [1.807, 2.05) is 68.4 Å². The molecule has 2 N–H and O–H groups in total. The Morgan fingerprint density at radius 3 is 2.23 bits per heavy atom. The Labute approximate surface area is 234 Å². The van der Waals surface area contributed by atoms with Crippen molar-refractivity contribution in [2.24, 2.45) is 0 Å². The van der Waals surface area contributed by atoms with Crippen molar-refractivity contribution in [2.75, 3.05) is 23.8 Å². The SMILES string of the molecule is CCOC(=O)c1nc(Nc2nnc(Nc3nc4ccccc4s3)c(C)c2C)sc1CCCOc1ccccc1. The van der Waals surface area contributed by atoms with Crippen LogP contribution in [0.2, 0.25) is 0 Å². The number of carbonyl (C=O) groups is 1. The van der Waals surface area contributed by atoms with Gasteiger partial charge in [0.2, 0.25) is 0 Å². The van der Waals surface area contributed by atoms with E-state index in [-0.39, 0.29) is 6.61 Å². The largest absolute Gasteiger partial charge is 0.494 e. The van der Waals surface area contributed by atoms with E-state index in [4.69, 9.17) is 9.47 Å². The molecule has 200 valence electrons. The fourth-order valence-electron chi connectivity index (χ4n) is 3.84. The van der Waals surface area contributed by atoms with Crippen molar-refractivity contribution in [1.82, 2.24) is 20.2 Å². The third-order valence-corrected chi connectivity index (χ3v) is 7.98. The Kier molecular flexibility index (Phi) is 8.28. The first-order valence-electron chi connectivity index (χ1n) is 12.6. The number of esters is 1. The number of aromatic nitrogens is 4. The summed E-state index contributed by atoms with van der Waals surface area (Å²) in [5.41, 5.74) is 3.11. The number of nitrogens with zero attached hydrogens (tertiary/aromatic N) is 4. The first-order valence-corrected chi connectivity index (χ1v) is 14.2. The van der Waals surface area contributed by atoms with Crippen molar-refractivity contribution in [3.63, 3.8) is 0 Å². The molecule has 0 unspecified atom stereocenters. The molecule has 5 aromatic rings. The van der Waals surface area contributed by atoms with Gasteiger partial charge in [-0.2, -0.15) is 0 Å². The van der Waals surface area contributed by atoms with Crippen LogP contribution in [0.3, 0.4) is 0 Å². The van der Waals surface area contributed by atoms with Crippen LogP contribution in [0.15, 0.2) is 54.6 Å². The second-order valence-electron chi connectivity index (χ2n) is 8.66. The highest BCUT2D eigenvalue weighted by Crippen LogP contribution is 2.32. The number of benzene rings is 2. The zero-order valence-corrected chi connectivity index (χ0v) is 23.5. The molecule has 0 atom stereocenters. The zero-order chi connectivity index (χ0) is 27.2. The van der Waals surface area contributed by atoms with Gasteiger partial charge in [0.05, 0.1) is 23.4 Å². The predicted octanol–water partition coefficient (Wildman–Crippen LogP) is 6.84. The Morgan fingerprint density at radius 2 is 1.54 bits per heavy atom. The van der Waals surface area contributed by atoms with Crippen molar-refractivity contribution < 1.29 is 14.3 Å². The molecule has 0 amide bonds. The van der Waals surface area contributed by atoms with Gasteiger partial charge in [-0.3, -0.25) is 0 Å². The number of hydrogen-bond donors (Lipinski definition) is 2. The second kappa shape index (κ2) is 12.2. The minimum absolute atomic E-state index is 0.280. The summed E-state index contributed by atoms with van der Waals surface area (Å²) in [6.07, 6.45) is 1.36. The van der Waals surface area contributed by atoms with Crippen molar-refractivity contribution >= 4 is 60.8 Å². The molecule has 0 aliphatic rings. The summed E-state index contributed by atoms with van der Waals surface area (Å²) in [6, 6.07) is 17.7. The highest BCUT2D eigenvalue weighted by atomic mass is 32.1. The summed E-state index contributed by atoms with van der Waals surface area (Å²) in [5, 5.41) is 16.7. The van der Waals surface area contributed by atoms with E-state index in [2.05, 4.69) is 30.8 Å². The van der Waals surface area contributed by atoms with Crippen LogP contribution in [0.5, 0.6) is 5.75 Å². The maximum atomic E-state index is 12.6. The number of ether oxygens (including phenoxy) is 2. The average Bonchev–Trinajstić information content (AvgIpc) is 3.55. The van der Waals surface area contributed by atoms with E-state index in [1.54, 1.807) is 18.3 Å². The molecular weight excluding hydrogens is 532 g/mol. The molecule has 9 nitrogen and oxygen atoms in total. The van der Waals surface area contributed by atoms with E-state index in [0.717, 1.165) is 43.5 Å². The molecule has 0 bridgehead atoms. The minimum atomic E-state index is -0.435. The van der Waals surface area contributed by atoms with E-state index < -0.39 is 5.97 Å². The maximum absolute atomic E-state index is 12.6. The van der Waals surface area contributed by atoms with Crippen LogP contribution in [0.1, 0.15) is 39.8 Å². The van der Waals surface area contributed by atoms with Crippen LogP contribution >= 0.6 is 22.7 Å². The Hall–Kier alpha value is -4.09. The molecule has 0 radical (unpaired) electrons. The summed E-state index contributed by atoms with van der Waals surface area (Å²) >= 11 is 2.97. The Balaban J connectivity index is 1.29. The smallest absolute Gasteiger partial charge is 0.358 e. The molecule has 2 aromatic carbocycles. The molecule has 0 fully saturated rings. The number of nitrogens with one attached hydrogen (secondary N) is 2. The first kappa shape index (κ1) is 26.5. The molecule has 39 heavy (non-hydrogen) atoms. The van der Waals surface area contributed by atoms with E-state index in [9.17, 15) is 4.79 Å². The molecule has 0 aliphatic heterocycles. The lowest BCUT2D eigenvalue weighted by Crippen LogP contribution is -2.09. The zero-order valence-electron chi connectivity index (χ0n) is 21.9. The monoisotopic (exact) mass is 560 g/mol. The van der Waals surface area contributed by atoms with Crippen molar-refractivity contribution in [1.29, 1.82) is 0 Å². The predicted molar refractivity (Wildman–Crippen MR) is 156 cm³/mol. The lowest BCUT2D eigenvalue weighted by atomic mass is 10.2. The highest BCUT2D eigenvalue weighted by molar-refractivity contribution is 7.22. The number of thiazole rings is 2. The van der Waals surface area contributed by atoms with Crippen LogP contribution in [-0.2, 0) is 11.2 Å². The molecule has 11 heteroatoms. The number of fused-ring (bicyclic) bond motifs is 1. The van der Waals surface area contributed by atoms with E-state index >= 15 is 0 Å². The normalized spacial score (nSPS) is 10.9. The van der Waals surface area contributed by atoms with Crippen molar-refractivity contribution in [3.8, 4) is 5.75 Å². The molecule has 3 aromatic heterocycles. The molecule has 0 spiro atoms. The molecule has 3 heterocycles. The van der Waals surface area contributed by atoms with Gasteiger partial charge in [-0.15, -0.1) is 21.5 Å². The fourth-order valence-corrected chi connectivity index (χ4v) is 5.70. The maximum Gasteiger partial charge on any atom is 0.358 e. The van der Waals surface area contributed by atoms with Crippen molar-refractivity contribution in [3.05, 3.63) is 76.3 Å². The van der Waals surface area contributed by atoms with E-state index in [0.29, 0.717) is 35.5 Å². The Bertz CT molecular complexity index is 1550. The minimum Gasteiger partial charge on any atom is -0.494 e. The number of hydrogen-bond acceptors (Lipinski definition) is 11. The van der Waals surface area contributed by atoms with Gasteiger partial charge in [0.15, 0.2) is 27.6 Å². The molecule has 0 saturated heterocycles. The number of anilines is 4. The standard InChI is InChI=1S/C28H28N6O3S2/c1-4-36-26(35)23-22(15-10-16-37-19-11-6-5-7-12-19)39-28(30-23)32-25-18(3)17(2)24(33-34-25)31-27-29-20-13-8-9-14-21(20)38-27/h5-9,11-14H,4,10,15-16H2,1-3H3,(H,29,31,33)(H,30,32,34). The van der Waals surface area contributed by atoms with Crippen LogP contribution < -0.4 is 15.4 Å². The van der Waals surface area contributed by atoms with Crippen LogP contribution in [0, 0.1) is 13.8 Å². The van der Waals surface area contributed by atoms with Crippen molar-refractivity contribution in [2.45, 2.75) is 33.6 Å². The fraction of sp³-hybridized carbons (Fsp3) is 0.250. The quantitative estimate of drug-likeness (QED) is 0.132. The van der Waals surface area contributed by atoms with Gasteiger partial charge >= 0.3 is 5.97 Å². The summed E-state index contributed by atoms with van der Waals surface area (Å²) in [5.74, 6) is 1.60. The van der Waals surface area contributed by atoms with Gasteiger partial charge in [-0.25, -0.2) is 14.8 Å². The third kappa shape index (κ3) is 6.32. The molecule has 5 rings (SSSR count). The third-order valence-electron chi connectivity index (χ3n) is 5.99. The van der Waals surface area contributed by atoms with Crippen LogP contribution in [0.25, 0.3) is 10.2 Å². The van der Waals surface area contributed by atoms with Gasteiger partial charge < -0.3 is 20.1 Å². The lowest BCUT2D eigenvalue weighted by molar-refractivity contribution is 0.0519. The lowest BCUT2D eigenvalue weighted by Gasteiger charge is -2.11. The Morgan fingerprint density at radius 1 is 0.872 bits per heavy atom. The molecular formula is C28H28N6O3S2. The van der Waals surface area contributed by atoms with Gasteiger partial charge in [0, 0.05) is 16.0 Å². The van der Waals surface area contributed by atoms with Gasteiger partial charge in [0.1, 0.15) is 5.75 Å². The van der Waals surface area contributed by atoms with Gasteiger partial charge in [-0.05, 0) is 57.9 Å². The second-order valence-corrected chi connectivity index (χ2v) is 10.8. The number of rotatable bonds is 11. The molecule has 0 aliphatic carbocycles. The van der Waals surface area contributed by atoms with Crippen LogP contribution in [-0.4, -0.2) is 39.3 Å². The number of aryl methyl sites for hydroxylation is 1. The highest BCUT2D eigenvalue weighted by Gasteiger charge is 2.21. The van der Waals surface area contributed by atoms with Gasteiger partial charge in [-0.1, -0.05) is 41.7 Å². The average molecular weight is 561 g/mol. The summed E-state index contributed by atoms with van der Waals surface area (Å²) < 4.78 is 12.2. The first-order chi connectivity index (χ1) is 19.0. The summed E-state index contributed by atoms with van der Waals surface area (Å²) in [4.78, 5) is 22.6. The topological polar surface area (TPSA) is 111 Å². The molecule has 0 saturated carbocycles. The van der Waals surface area contributed by atoms with Gasteiger partial charge in [0.25, 0.3) is 0 Å². The summed E-state index contributed by atoms with van der Waals surface area (Å²) in [7, 11) is 0. The summed E-state index contributed by atoms with van der Waals surface area (Å²) in [6.45, 7) is 6.54. The number of carbonyl (C=O) groups excluding carboxylic acids is 1. The van der Waals surface area contributed by atoms with E-state index in [1.165, 1.54) is 11.3 Å². The number of para-hydroxylation sites is 2. The van der Waals surface area contributed by atoms with Crippen LogP contribution in [0.4, 0.5) is 21.9 Å².